The van der Waals surface area contributed by atoms with Crippen LogP contribution in [0.5, 0.6) is 0 Å². The first-order valence-electron chi connectivity index (χ1n) is 8.97. The Kier molecular flexibility index (Phi) is 5.13. The number of morpholine rings is 1. The van der Waals surface area contributed by atoms with Gasteiger partial charge >= 0.3 is 0 Å². The Morgan fingerprint density at radius 3 is 2.43 bits per heavy atom. The van der Waals surface area contributed by atoms with E-state index in [4.69, 9.17) is 4.74 Å². The van der Waals surface area contributed by atoms with Crippen LogP contribution in [-0.4, -0.2) is 41.1 Å². The van der Waals surface area contributed by atoms with Gasteiger partial charge in [0, 0.05) is 13.1 Å². The summed E-state index contributed by atoms with van der Waals surface area (Å²) >= 11 is 0. The van der Waals surface area contributed by atoms with Crippen LogP contribution in [0.25, 0.3) is 17.3 Å². The number of anilines is 1. The average Bonchev–Trinajstić information content (AvgIpc) is 3.19. The number of aromatic nitrogens is 3. The molecule has 1 aliphatic heterocycles. The number of nitrogens with zero attached hydrogens (tertiary/aromatic N) is 5. The van der Waals surface area contributed by atoms with Crippen LogP contribution in [-0.2, 0) is 4.74 Å². The third-order valence-electron chi connectivity index (χ3n) is 4.50. The minimum absolute atomic E-state index is 0.322. The second kappa shape index (κ2) is 8.03. The highest BCUT2D eigenvalue weighted by Crippen LogP contribution is 2.26. The van der Waals surface area contributed by atoms with E-state index in [0.29, 0.717) is 49.2 Å². The molecule has 1 saturated heterocycles. The van der Waals surface area contributed by atoms with Gasteiger partial charge in [-0.25, -0.2) is 4.39 Å². The van der Waals surface area contributed by atoms with Gasteiger partial charge in [-0.05, 0) is 35.9 Å². The van der Waals surface area contributed by atoms with Crippen LogP contribution in [0, 0.1) is 17.1 Å². The van der Waals surface area contributed by atoms with Gasteiger partial charge in [0.1, 0.15) is 11.9 Å². The van der Waals surface area contributed by atoms with Crippen molar-refractivity contribution in [1.29, 1.82) is 5.26 Å². The lowest BCUT2D eigenvalue weighted by molar-refractivity contribution is 0.122. The molecule has 3 aromatic rings. The molecular formula is C21H18FN5O. The molecule has 1 aromatic heterocycles. The van der Waals surface area contributed by atoms with Crippen molar-refractivity contribution in [3.63, 3.8) is 0 Å². The molecule has 0 aliphatic carbocycles. The van der Waals surface area contributed by atoms with Gasteiger partial charge in [-0.3, -0.25) is 4.57 Å². The molecule has 7 heteroatoms. The highest BCUT2D eigenvalue weighted by Gasteiger charge is 2.23. The van der Waals surface area contributed by atoms with Gasteiger partial charge in [0.2, 0.25) is 5.95 Å². The maximum Gasteiger partial charge on any atom is 0.232 e. The van der Waals surface area contributed by atoms with Gasteiger partial charge in [-0.1, -0.05) is 30.3 Å². The molecule has 1 fully saturated rings. The first-order valence-corrected chi connectivity index (χ1v) is 8.97. The predicted molar refractivity (Wildman–Crippen MR) is 104 cm³/mol. The first kappa shape index (κ1) is 17.9. The third kappa shape index (κ3) is 3.63. The molecule has 2 aromatic carbocycles. The Morgan fingerprint density at radius 2 is 1.75 bits per heavy atom. The molecule has 0 saturated carbocycles. The zero-order chi connectivity index (χ0) is 19.3. The fourth-order valence-electron chi connectivity index (χ4n) is 3.11. The Bertz CT molecular complexity index is 1020. The summed E-state index contributed by atoms with van der Waals surface area (Å²) in [5.41, 5.74) is 1.93. The summed E-state index contributed by atoms with van der Waals surface area (Å²) in [4.78, 5) is 2.10. The number of nitriles is 1. The molecule has 0 atom stereocenters. The molecule has 0 amide bonds. The third-order valence-corrected chi connectivity index (χ3v) is 4.50. The quantitative estimate of drug-likeness (QED) is 0.655. The molecule has 0 bridgehead atoms. The van der Waals surface area contributed by atoms with E-state index in [1.165, 1.54) is 12.1 Å². The number of benzene rings is 2. The lowest BCUT2D eigenvalue weighted by Gasteiger charge is -2.28. The predicted octanol–water partition coefficient (Wildman–Crippen LogP) is 3.31. The summed E-state index contributed by atoms with van der Waals surface area (Å²) in [6.45, 7) is 2.64. The van der Waals surface area contributed by atoms with Gasteiger partial charge < -0.3 is 9.64 Å². The van der Waals surface area contributed by atoms with Gasteiger partial charge in [-0.2, -0.15) is 5.26 Å². The van der Waals surface area contributed by atoms with E-state index < -0.39 is 0 Å². The van der Waals surface area contributed by atoms with Gasteiger partial charge in [0.25, 0.3) is 0 Å². The Balaban J connectivity index is 1.82. The van der Waals surface area contributed by atoms with Crippen molar-refractivity contribution in [2.45, 2.75) is 0 Å². The normalized spacial score (nSPS) is 14.7. The summed E-state index contributed by atoms with van der Waals surface area (Å²) in [7, 11) is 0. The molecule has 0 spiro atoms. The van der Waals surface area contributed by atoms with Gasteiger partial charge in [0.05, 0.1) is 24.5 Å². The number of allylic oxidation sites excluding steroid dienone is 1. The molecule has 4 rings (SSSR count). The Labute approximate surface area is 162 Å². The van der Waals surface area contributed by atoms with Crippen molar-refractivity contribution in [3.05, 3.63) is 71.8 Å². The van der Waals surface area contributed by atoms with Crippen LogP contribution in [0.2, 0.25) is 0 Å². The van der Waals surface area contributed by atoms with Gasteiger partial charge in [0.15, 0.2) is 5.82 Å². The van der Waals surface area contributed by atoms with Crippen molar-refractivity contribution < 1.29 is 9.13 Å². The molecular weight excluding hydrogens is 357 g/mol. The molecule has 1 aliphatic rings. The highest BCUT2D eigenvalue weighted by molar-refractivity contribution is 5.88. The fraction of sp³-hybridized carbons (Fsp3) is 0.190. The number of ether oxygens (including phenoxy) is 1. The van der Waals surface area contributed by atoms with Crippen LogP contribution in [0.3, 0.4) is 0 Å². The lowest BCUT2D eigenvalue weighted by atomic mass is 10.1. The average molecular weight is 375 g/mol. The van der Waals surface area contributed by atoms with E-state index in [2.05, 4.69) is 21.2 Å². The number of hydrogen-bond donors (Lipinski definition) is 0. The topological polar surface area (TPSA) is 67.0 Å². The second-order valence-electron chi connectivity index (χ2n) is 6.32. The van der Waals surface area contributed by atoms with Crippen molar-refractivity contribution >= 4 is 17.6 Å². The van der Waals surface area contributed by atoms with Crippen molar-refractivity contribution in [1.82, 2.24) is 14.8 Å². The fourth-order valence-corrected chi connectivity index (χ4v) is 3.11. The summed E-state index contributed by atoms with van der Waals surface area (Å²) in [6, 6.07) is 17.9. The molecule has 28 heavy (non-hydrogen) atoms. The number of halogens is 1. The molecule has 0 radical (unpaired) electrons. The van der Waals surface area contributed by atoms with Crippen LogP contribution < -0.4 is 4.90 Å². The lowest BCUT2D eigenvalue weighted by Crippen LogP contribution is -2.38. The largest absolute Gasteiger partial charge is 0.378 e. The Hall–Kier alpha value is -3.50. The molecule has 2 heterocycles. The monoisotopic (exact) mass is 375 g/mol. The van der Waals surface area contributed by atoms with Crippen molar-refractivity contribution in [3.8, 4) is 11.8 Å². The number of rotatable bonds is 4. The summed E-state index contributed by atoms with van der Waals surface area (Å²) in [5.74, 6) is 0.794. The van der Waals surface area contributed by atoms with E-state index in [0.717, 1.165) is 5.69 Å². The van der Waals surface area contributed by atoms with Crippen molar-refractivity contribution in [2.24, 2.45) is 0 Å². The maximum absolute atomic E-state index is 13.2. The minimum Gasteiger partial charge on any atom is -0.378 e. The maximum atomic E-state index is 13.2. The number of hydrogen-bond acceptors (Lipinski definition) is 5. The summed E-state index contributed by atoms with van der Waals surface area (Å²) in [5, 5.41) is 18.5. The molecule has 140 valence electrons. The highest BCUT2D eigenvalue weighted by atomic mass is 19.1. The van der Waals surface area contributed by atoms with E-state index in [9.17, 15) is 9.65 Å². The summed E-state index contributed by atoms with van der Waals surface area (Å²) < 4.78 is 20.5. The zero-order valence-electron chi connectivity index (χ0n) is 15.1. The SMILES string of the molecule is N#C/C(=C\c1ccc(F)cc1)c1nnc(N2CCOCC2)n1-c1ccccc1. The first-order chi connectivity index (χ1) is 13.8. The minimum atomic E-state index is -0.322. The smallest absolute Gasteiger partial charge is 0.232 e. The van der Waals surface area contributed by atoms with Crippen LogP contribution in [0.15, 0.2) is 54.6 Å². The van der Waals surface area contributed by atoms with Crippen LogP contribution in [0.1, 0.15) is 11.4 Å². The zero-order valence-corrected chi connectivity index (χ0v) is 15.1. The van der Waals surface area contributed by atoms with E-state index in [1.807, 2.05) is 34.9 Å². The van der Waals surface area contributed by atoms with E-state index >= 15 is 0 Å². The standard InChI is InChI=1S/C21H18FN5O/c22-18-8-6-16(7-9-18)14-17(15-23)20-24-25-21(26-10-12-28-13-11-26)27(20)19-4-2-1-3-5-19/h1-9,14H,10-13H2/b17-14+. The molecule has 0 N–H and O–H groups in total. The Morgan fingerprint density at radius 1 is 1.04 bits per heavy atom. The van der Waals surface area contributed by atoms with Crippen LogP contribution >= 0.6 is 0 Å². The van der Waals surface area contributed by atoms with Crippen molar-refractivity contribution in [2.75, 3.05) is 31.2 Å². The molecule has 6 nitrogen and oxygen atoms in total. The van der Waals surface area contributed by atoms with E-state index in [1.54, 1.807) is 18.2 Å². The van der Waals surface area contributed by atoms with Crippen LogP contribution in [0.4, 0.5) is 10.3 Å². The van der Waals surface area contributed by atoms with Gasteiger partial charge in [-0.15, -0.1) is 10.2 Å². The molecule has 0 unspecified atom stereocenters. The van der Waals surface area contributed by atoms with E-state index in [-0.39, 0.29) is 5.82 Å². The second-order valence-corrected chi connectivity index (χ2v) is 6.32. The summed E-state index contributed by atoms with van der Waals surface area (Å²) in [6.07, 6.45) is 1.69. The number of para-hydroxylation sites is 1.